The molecule has 0 aliphatic heterocycles. The second kappa shape index (κ2) is 8.96. The third-order valence-corrected chi connectivity index (χ3v) is 1.17. The van der Waals surface area contributed by atoms with Crippen LogP contribution in [0.3, 0.4) is 0 Å². The third-order valence-electron chi connectivity index (χ3n) is 1.17. The summed E-state index contributed by atoms with van der Waals surface area (Å²) in [4.78, 5) is 9.00. The normalized spacial score (nSPS) is 7.91. The van der Waals surface area contributed by atoms with E-state index in [1.807, 2.05) is 13.8 Å². The van der Waals surface area contributed by atoms with Crippen molar-refractivity contribution in [1.29, 1.82) is 5.26 Å². The third kappa shape index (κ3) is 17.6. The highest BCUT2D eigenvalue weighted by Crippen LogP contribution is 2.03. The second-order valence-corrected chi connectivity index (χ2v) is 2.16. The minimum atomic E-state index is -0.833. The first-order valence-electron chi connectivity index (χ1n) is 3.67. The molecular formula is C8H15NO2. The summed E-state index contributed by atoms with van der Waals surface area (Å²) in [7, 11) is 0. The molecular weight excluding hydrogens is 142 g/mol. The minimum absolute atomic E-state index is 0.292. The summed E-state index contributed by atoms with van der Waals surface area (Å²) in [6, 6.07) is 2.20. The van der Waals surface area contributed by atoms with Crippen LogP contribution in [0.5, 0.6) is 0 Å². The summed E-state index contributed by atoms with van der Waals surface area (Å²) >= 11 is 0. The minimum Gasteiger partial charge on any atom is -0.481 e. The molecule has 0 aromatic rings. The maximum absolute atomic E-state index is 9.00. The van der Waals surface area contributed by atoms with E-state index in [-0.39, 0.29) is 0 Å². The monoisotopic (exact) mass is 157 g/mol. The first-order valence-corrected chi connectivity index (χ1v) is 3.67. The van der Waals surface area contributed by atoms with E-state index in [9.17, 15) is 0 Å². The maximum atomic E-state index is 9.00. The predicted molar refractivity (Wildman–Crippen MR) is 43.0 cm³/mol. The number of nitrogens with zero attached hydrogens (tertiary/aromatic N) is 1. The van der Waals surface area contributed by atoms with Crippen molar-refractivity contribution >= 4 is 5.97 Å². The van der Waals surface area contributed by atoms with Crippen molar-refractivity contribution in [3.05, 3.63) is 0 Å². The van der Waals surface area contributed by atoms with Crippen molar-refractivity contribution < 1.29 is 9.90 Å². The number of hydrogen-bond donors (Lipinski definition) is 1. The summed E-state index contributed by atoms with van der Waals surface area (Å²) in [6.45, 7) is 5.16. The van der Waals surface area contributed by atoms with Crippen molar-refractivity contribution in [3.8, 4) is 6.07 Å². The first kappa shape index (κ1) is 12.6. The number of carboxylic acid groups (broad SMARTS) is 1. The lowest BCUT2D eigenvalue weighted by atomic mass is 10.1. The van der Waals surface area contributed by atoms with Crippen molar-refractivity contribution in [2.24, 2.45) is 5.92 Å². The zero-order valence-electron chi connectivity index (χ0n) is 7.29. The van der Waals surface area contributed by atoms with Crippen LogP contribution in [0.1, 0.15) is 33.6 Å². The molecule has 0 fully saturated rings. The molecule has 0 aromatic heterocycles. The summed E-state index contributed by atoms with van der Waals surface area (Å²) in [5.74, 6) is -0.542. The van der Waals surface area contributed by atoms with Crippen LogP contribution in [0, 0.1) is 17.2 Å². The van der Waals surface area contributed by atoms with Gasteiger partial charge in [-0.15, -0.1) is 0 Å². The fraction of sp³-hybridized carbons (Fsp3) is 0.750. The molecule has 0 aliphatic carbocycles. The molecule has 1 N–H and O–H groups in total. The van der Waals surface area contributed by atoms with Gasteiger partial charge in [0.1, 0.15) is 0 Å². The SMILES string of the molecule is CC(=O)O.CCC(C#N)CC. The van der Waals surface area contributed by atoms with Gasteiger partial charge in [-0.25, -0.2) is 0 Å². The fourth-order valence-corrected chi connectivity index (χ4v) is 0.471. The molecule has 0 spiro atoms. The lowest BCUT2D eigenvalue weighted by Gasteiger charge is -1.95. The first-order chi connectivity index (χ1) is 5.08. The van der Waals surface area contributed by atoms with Gasteiger partial charge in [-0.3, -0.25) is 4.79 Å². The van der Waals surface area contributed by atoms with Gasteiger partial charge in [-0.05, 0) is 12.8 Å². The van der Waals surface area contributed by atoms with Crippen LogP contribution in [-0.2, 0) is 4.79 Å². The van der Waals surface area contributed by atoms with E-state index in [4.69, 9.17) is 15.2 Å². The smallest absolute Gasteiger partial charge is 0.300 e. The number of carboxylic acids is 1. The van der Waals surface area contributed by atoms with Gasteiger partial charge in [0.15, 0.2) is 0 Å². The molecule has 0 saturated carbocycles. The lowest BCUT2D eigenvalue weighted by Crippen LogP contribution is -1.88. The van der Waals surface area contributed by atoms with E-state index in [2.05, 4.69) is 6.07 Å². The quantitative estimate of drug-likeness (QED) is 0.667. The number of rotatable bonds is 2. The predicted octanol–water partition coefficient (Wildman–Crippen LogP) is 2.04. The Morgan fingerprint density at radius 2 is 1.82 bits per heavy atom. The summed E-state index contributed by atoms with van der Waals surface area (Å²) in [5.41, 5.74) is 0. The largest absolute Gasteiger partial charge is 0.481 e. The van der Waals surface area contributed by atoms with E-state index < -0.39 is 5.97 Å². The molecule has 0 aliphatic rings. The molecule has 0 bridgehead atoms. The van der Waals surface area contributed by atoms with E-state index in [0.29, 0.717) is 5.92 Å². The Morgan fingerprint density at radius 3 is 1.82 bits per heavy atom. The Labute approximate surface area is 67.6 Å². The zero-order chi connectivity index (χ0) is 9.28. The van der Waals surface area contributed by atoms with Crippen LogP contribution < -0.4 is 0 Å². The van der Waals surface area contributed by atoms with Gasteiger partial charge in [-0.2, -0.15) is 5.26 Å². The molecule has 0 saturated heterocycles. The van der Waals surface area contributed by atoms with Gasteiger partial charge < -0.3 is 5.11 Å². The van der Waals surface area contributed by atoms with Crippen LogP contribution in [0.15, 0.2) is 0 Å². The lowest BCUT2D eigenvalue weighted by molar-refractivity contribution is -0.134. The average molecular weight is 157 g/mol. The Bertz CT molecular complexity index is 130. The maximum Gasteiger partial charge on any atom is 0.300 e. The number of carbonyl (C=O) groups is 1. The molecule has 0 radical (unpaired) electrons. The molecule has 3 heteroatoms. The van der Waals surface area contributed by atoms with Crippen LogP contribution in [-0.4, -0.2) is 11.1 Å². The van der Waals surface area contributed by atoms with Gasteiger partial charge >= 0.3 is 0 Å². The van der Waals surface area contributed by atoms with Crippen molar-refractivity contribution in [1.82, 2.24) is 0 Å². The van der Waals surface area contributed by atoms with E-state index >= 15 is 0 Å². The van der Waals surface area contributed by atoms with Crippen molar-refractivity contribution in [3.63, 3.8) is 0 Å². The number of aliphatic carboxylic acids is 1. The fourth-order valence-electron chi connectivity index (χ4n) is 0.471. The molecule has 0 rings (SSSR count). The van der Waals surface area contributed by atoms with E-state index in [1.54, 1.807) is 0 Å². The zero-order valence-corrected chi connectivity index (χ0v) is 7.29. The highest BCUT2D eigenvalue weighted by atomic mass is 16.4. The van der Waals surface area contributed by atoms with Crippen molar-refractivity contribution in [2.45, 2.75) is 33.6 Å². The highest BCUT2D eigenvalue weighted by molar-refractivity contribution is 5.62. The summed E-state index contributed by atoms with van der Waals surface area (Å²) in [5, 5.41) is 15.7. The molecule has 0 atom stereocenters. The Morgan fingerprint density at radius 1 is 1.55 bits per heavy atom. The van der Waals surface area contributed by atoms with Crippen LogP contribution in [0.2, 0.25) is 0 Å². The van der Waals surface area contributed by atoms with E-state index in [1.165, 1.54) is 0 Å². The average Bonchev–Trinajstić information content (AvgIpc) is 1.90. The molecule has 64 valence electrons. The molecule has 11 heavy (non-hydrogen) atoms. The van der Waals surface area contributed by atoms with Crippen LogP contribution >= 0.6 is 0 Å². The molecule has 0 heterocycles. The summed E-state index contributed by atoms with van der Waals surface area (Å²) < 4.78 is 0. The second-order valence-electron chi connectivity index (χ2n) is 2.16. The Hall–Kier alpha value is -1.04. The Balaban J connectivity index is 0. The molecule has 0 aromatic carbocycles. The number of nitriles is 1. The van der Waals surface area contributed by atoms with Gasteiger partial charge in [-0.1, -0.05) is 13.8 Å². The van der Waals surface area contributed by atoms with Gasteiger partial charge in [0.2, 0.25) is 0 Å². The molecule has 0 unspecified atom stereocenters. The summed E-state index contributed by atoms with van der Waals surface area (Å²) in [6.07, 6.45) is 1.99. The van der Waals surface area contributed by atoms with Crippen LogP contribution in [0.25, 0.3) is 0 Å². The standard InChI is InChI=1S/C6H11N.C2H4O2/c1-3-6(4-2)5-7;1-2(3)4/h6H,3-4H2,1-2H3;1H3,(H,3,4). The van der Waals surface area contributed by atoms with E-state index in [0.717, 1.165) is 19.8 Å². The van der Waals surface area contributed by atoms with Gasteiger partial charge in [0.05, 0.1) is 6.07 Å². The molecule has 3 nitrogen and oxygen atoms in total. The Kier molecular flexibility index (Phi) is 10.3. The highest BCUT2D eigenvalue weighted by Gasteiger charge is 1.96. The van der Waals surface area contributed by atoms with Crippen molar-refractivity contribution in [2.75, 3.05) is 0 Å². The van der Waals surface area contributed by atoms with Gasteiger partial charge in [0.25, 0.3) is 5.97 Å². The molecule has 0 amide bonds. The van der Waals surface area contributed by atoms with Crippen LogP contribution in [0.4, 0.5) is 0 Å². The topological polar surface area (TPSA) is 61.1 Å². The van der Waals surface area contributed by atoms with Gasteiger partial charge in [0, 0.05) is 12.8 Å². The number of hydrogen-bond acceptors (Lipinski definition) is 2.